The third kappa shape index (κ3) is 4.04. The summed E-state index contributed by atoms with van der Waals surface area (Å²) < 4.78 is 5.11. The topological polar surface area (TPSA) is 97.0 Å². The van der Waals surface area contributed by atoms with E-state index < -0.39 is 0 Å². The Kier molecular flexibility index (Phi) is 5.08. The van der Waals surface area contributed by atoms with Crippen LogP contribution in [0.5, 0.6) is 0 Å². The van der Waals surface area contributed by atoms with E-state index in [2.05, 4.69) is 25.3 Å². The molecule has 8 nitrogen and oxygen atoms in total. The Morgan fingerprint density at radius 3 is 2.93 bits per heavy atom. The van der Waals surface area contributed by atoms with Crippen LogP contribution in [0.25, 0.3) is 10.6 Å². The molecule has 3 aromatic rings. The molecule has 146 valence electrons. The van der Waals surface area contributed by atoms with E-state index in [0.717, 1.165) is 39.9 Å². The Balaban J connectivity index is 1.39. The number of rotatable bonds is 5. The van der Waals surface area contributed by atoms with E-state index in [1.54, 1.807) is 23.6 Å². The molecule has 1 atom stereocenters. The second-order valence-corrected chi connectivity index (χ2v) is 8.20. The molecular formula is C19H22N6O2S. The van der Waals surface area contributed by atoms with Crippen molar-refractivity contribution < 1.29 is 9.32 Å². The van der Waals surface area contributed by atoms with Crippen molar-refractivity contribution in [3.63, 3.8) is 0 Å². The van der Waals surface area contributed by atoms with Gasteiger partial charge in [0, 0.05) is 31.4 Å². The summed E-state index contributed by atoms with van der Waals surface area (Å²) >= 11 is 1.64. The molecule has 3 aromatic heterocycles. The quantitative estimate of drug-likeness (QED) is 0.705. The molecule has 0 bridgehead atoms. The third-order valence-corrected chi connectivity index (χ3v) is 5.72. The second kappa shape index (κ2) is 7.67. The fourth-order valence-corrected chi connectivity index (χ4v) is 4.28. The van der Waals surface area contributed by atoms with Gasteiger partial charge in [0.2, 0.25) is 11.9 Å². The summed E-state index contributed by atoms with van der Waals surface area (Å²) in [6.45, 7) is 7.32. The Morgan fingerprint density at radius 1 is 1.36 bits per heavy atom. The number of hydrogen-bond acceptors (Lipinski definition) is 8. The molecule has 0 aliphatic carbocycles. The minimum absolute atomic E-state index is 0.0616. The second-order valence-electron chi connectivity index (χ2n) is 7.00. The number of nitrogens with zero attached hydrogens (tertiary/aromatic N) is 5. The summed E-state index contributed by atoms with van der Waals surface area (Å²) in [6, 6.07) is 3.76. The van der Waals surface area contributed by atoms with Gasteiger partial charge >= 0.3 is 0 Å². The minimum atomic E-state index is -0.0616. The predicted octanol–water partition coefficient (Wildman–Crippen LogP) is 2.45. The van der Waals surface area contributed by atoms with Gasteiger partial charge in [0.1, 0.15) is 5.76 Å². The Morgan fingerprint density at radius 2 is 2.21 bits per heavy atom. The lowest BCUT2D eigenvalue weighted by molar-refractivity contribution is -0.121. The van der Waals surface area contributed by atoms with Gasteiger partial charge in [-0.1, -0.05) is 5.16 Å². The minimum Gasteiger partial charge on any atom is -0.361 e. The summed E-state index contributed by atoms with van der Waals surface area (Å²) in [4.78, 5) is 29.1. The molecule has 28 heavy (non-hydrogen) atoms. The van der Waals surface area contributed by atoms with Gasteiger partial charge in [-0.05, 0) is 33.3 Å². The van der Waals surface area contributed by atoms with E-state index in [-0.39, 0.29) is 18.4 Å². The van der Waals surface area contributed by atoms with Crippen molar-refractivity contribution in [3.05, 3.63) is 40.5 Å². The van der Waals surface area contributed by atoms with Gasteiger partial charge in [0.05, 0.1) is 33.4 Å². The van der Waals surface area contributed by atoms with Crippen molar-refractivity contribution in [2.24, 2.45) is 0 Å². The fraction of sp³-hybridized carbons (Fsp3) is 0.421. The van der Waals surface area contributed by atoms with Gasteiger partial charge in [-0.3, -0.25) is 4.79 Å². The van der Waals surface area contributed by atoms with Crippen LogP contribution in [0.15, 0.2) is 22.9 Å². The van der Waals surface area contributed by atoms with E-state index in [9.17, 15) is 4.79 Å². The SMILES string of the molecule is Cc1cc(CC(=O)NC2CCN(c3nccc(-c4sc(C)nc4C)n3)C2)on1. The van der Waals surface area contributed by atoms with Crippen molar-refractivity contribution in [1.29, 1.82) is 0 Å². The maximum Gasteiger partial charge on any atom is 0.228 e. The first-order valence-corrected chi connectivity index (χ1v) is 10.0. The molecule has 4 heterocycles. The van der Waals surface area contributed by atoms with E-state index in [4.69, 9.17) is 9.51 Å². The van der Waals surface area contributed by atoms with Crippen LogP contribution in [0, 0.1) is 20.8 Å². The first kappa shape index (κ1) is 18.5. The molecule has 0 radical (unpaired) electrons. The summed E-state index contributed by atoms with van der Waals surface area (Å²) in [5.74, 6) is 1.20. The third-order valence-electron chi connectivity index (χ3n) is 4.63. The Hall–Kier alpha value is -2.81. The standard InChI is InChI=1S/C19H22N6O2S/c1-11-8-15(27-24-11)9-17(26)22-14-5-7-25(10-14)19-20-6-4-16(23-19)18-12(2)21-13(3)28-18/h4,6,8,14H,5,7,9-10H2,1-3H3,(H,22,26). The first-order valence-electron chi connectivity index (χ1n) is 9.22. The Bertz CT molecular complexity index is 998. The molecule has 0 aromatic carbocycles. The summed E-state index contributed by atoms with van der Waals surface area (Å²) in [6.07, 6.45) is 2.84. The van der Waals surface area contributed by atoms with Crippen molar-refractivity contribution in [2.75, 3.05) is 18.0 Å². The number of carbonyl (C=O) groups excluding carboxylic acids is 1. The molecule has 1 saturated heterocycles. The van der Waals surface area contributed by atoms with Crippen LogP contribution in [0.1, 0.15) is 28.6 Å². The van der Waals surface area contributed by atoms with E-state index in [1.807, 2.05) is 26.8 Å². The highest BCUT2D eigenvalue weighted by molar-refractivity contribution is 7.15. The van der Waals surface area contributed by atoms with E-state index >= 15 is 0 Å². The lowest BCUT2D eigenvalue weighted by Gasteiger charge is -2.17. The molecule has 1 fully saturated rings. The molecule has 1 unspecified atom stereocenters. The first-order chi connectivity index (χ1) is 13.5. The lowest BCUT2D eigenvalue weighted by Crippen LogP contribution is -2.38. The van der Waals surface area contributed by atoms with Gasteiger partial charge < -0.3 is 14.7 Å². The van der Waals surface area contributed by atoms with Gasteiger partial charge in [-0.2, -0.15) is 0 Å². The number of aryl methyl sites for hydroxylation is 3. The van der Waals surface area contributed by atoms with Crippen LogP contribution in [-0.2, 0) is 11.2 Å². The number of amides is 1. The number of aromatic nitrogens is 4. The van der Waals surface area contributed by atoms with Crippen LogP contribution in [0.4, 0.5) is 5.95 Å². The average Bonchev–Trinajstić information content (AvgIpc) is 3.36. The largest absolute Gasteiger partial charge is 0.361 e. The summed E-state index contributed by atoms with van der Waals surface area (Å²) in [7, 11) is 0. The van der Waals surface area contributed by atoms with Gasteiger partial charge in [-0.25, -0.2) is 15.0 Å². The van der Waals surface area contributed by atoms with Gasteiger partial charge in [-0.15, -0.1) is 11.3 Å². The molecule has 1 N–H and O–H groups in total. The summed E-state index contributed by atoms with van der Waals surface area (Å²) in [5, 5.41) is 7.90. The van der Waals surface area contributed by atoms with Crippen LogP contribution < -0.4 is 10.2 Å². The smallest absolute Gasteiger partial charge is 0.228 e. The predicted molar refractivity (Wildman–Crippen MR) is 106 cm³/mol. The van der Waals surface area contributed by atoms with Crippen molar-refractivity contribution in [3.8, 4) is 10.6 Å². The number of anilines is 1. The van der Waals surface area contributed by atoms with Crippen molar-refractivity contribution in [1.82, 2.24) is 25.4 Å². The molecule has 9 heteroatoms. The van der Waals surface area contributed by atoms with Gasteiger partial charge in [0.15, 0.2) is 0 Å². The molecule has 1 aliphatic rings. The van der Waals surface area contributed by atoms with Crippen LogP contribution in [0.2, 0.25) is 0 Å². The number of nitrogens with one attached hydrogen (secondary N) is 1. The molecule has 0 saturated carbocycles. The lowest BCUT2D eigenvalue weighted by atomic mass is 10.2. The van der Waals surface area contributed by atoms with E-state index in [1.165, 1.54) is 0 Å². The van der Waals surface area contributed by atoms with Gasteiger partial charge in [0.25, 0.3) is 0 Å². The number of thiazole rings is 1. The van der Waals surface area contributed by atoms with Crippen LogP contribution >= 0.6 is 11.3 Å². The monoisotopic (exact) mass is 398 g/mol. The summed E-state index contributed by atoms with van der Waals surface area (Å²) in [5.41, 5.74) is 2.65. The van der Waals surface area contributed by atoms with Crippen LogP contribution in [-0.4, -0.2) is 45.1 Å². The van der Waals surface area contributed by atoms with Crippen LogP contribution in [0.3, 0.4) is 0 Å². The molecular weight excluding hydrogens is 376 g/mol. The zero-order valence-corrected chi connectivity index (χ0v) is 16.9. The highest BCUT2D eigenvalue weighted by Gasteiger charge is 2.26. The highest BCUT2D eigenvalue weighted by atomic mass is 32.1. The zero-order chi connectivity index (χ0) is 19.7. The van der Waals surface area contributed by atoms with Crippen molar-refractivity contribution >= 4 is 23.2 Å². The zero-order valence-electron chi connectivity index (χ0n) is 16.1. The molecule has 0 spiro atoms. The molecule has 1 amide bonds. The maximum absolute atomic E-state index is 12.2. The van der Waals surface area contributed by atoms with E-state index in [0.29, 0.717) is 18.3 Å². The highest BCUT2D eigenvalue weighted by Crippen LogP contribution is 2.29. The fourth-order valence-electron chi connectivity index (χ4n) is 3.39. The molecule has 1 aliphatic heterocycles. The average molecular weight is 398 g/mol. The number of hydrogen-bond donors (Lipinski definition) is 1. The molecule has 4 rings (SSSR count). The van der Waals surface area contributed by atoms with Crippen molar-refractivity contribution in [2.45, 2.75) is 39.7 Å². The normalized spacial score (nSPS) is 16.5. The number of carbonyl (C=O) groups is 1. The maximum atomic E-state index is 12.2. The Labute approximate surface area is 167 Å².